The minimum Gasteiger partial charge on any atom is -0.310 e. The average molecular weight is 291 g/mol. The molecule has 21 heavy (non-hydrogen) atoms. The minimum absolute atomic E-state index is 0.211. The molecule has 3 rings (SSSR count). The third kappa shape index (κ3) is 3.27. The highest BCUT2D eigenvalue weighted by Crippen LogP contribution is 2.37. The smallest absolute Gasteiger partial charge is 0.130 e. The molecule has 2 aromatic carbocycles. The molecule has 0 atom stereocenters. The zero-order chi connectivity index (χ0) is 14.8. The van der Waals surface area contributed by atoms with Crippen molar-refractivity contribution in [2.75, 3.05) is 0 Å². The van der Waals surface area contributed by atoms with Crippen LogP contribution in [0.2, 0.25) is 0 Å². The van der Waals surface area contributed by atoms with Crippen LogP contribution in [0.4, 0.5) is 13.2 Å². The van der Waals surface area contributed by atoms with E-state index in [1.54, 1.807) is 12.1 Å². The molecule has 110 valence electrons. The van der Waals surface area contributed by atoms with Crippen molar-refractivity contribution in [3.8, 4) is 0 Å². The van der Waals surface area contributed by atoms with Gasteiger partial charge in [0.05, 0.1) is 0 Å². The highest BCUT2D eigenvalue weighted by molar-refractivity contribution is 5.24. The largest absolute Gasteiger partial charge is 0.310 e. The molecule has 0 saturated heterocycles. The second-order valence-electron chi connectivity index (χ2n) is 5.54. The summed E-state index contributed by atoms with van der Waals surface area (Å²) in [5, 5.41) is 3.25. The Morgan fingerprint density at radius 3 is 2.43 bits per heavy atom. The van der Waals surface area contributed by atoms with Crippen molar-refractivity contribution in [1.82, 2.24) is 5.32 Å². The summed E-state index contributed by atoms with van der Waals surface area (Å²) < 4.78 is 39.4. The Hall–Kier alpha value is -1.81. The molecule has 0 spiro atoms. The first kappa shape index (κ1) is 14.1. The summed E-state index contributed by atoms with van der Waals surface area (Å²) in [6.45, 7) is 0.382. The third-order valence-electron chi connectivity index (χ3n) is 4.05. The summed E-state index contributed by atoms with van der Waals surface area (Å²) in [7, 11) is 0. The van der Waals surface area contributed by atoms with Crippen LogP contribution in [-0.2, 0) is 6.54 Å². The molecule has 1 aliphatic rings. The van der Waals surface area contributed by atoms with Gasteiger partial charge in [-0.25, -0.2) is 13.2 Å². The molecule has 1 saturated carbocycles. The van der Waals surface area contributed by atoms with Gasteiger partial charge in [0.15, 0.2) is 0 Å². The van der Waals surface area contributed by atoms with Gasteiger partial charge in [0.2, 0.25) is 0 Å². The molecule has 0 unspecified atom stereocenters. The molecule has 1 nitrogen and oxygen atoms in total. The molecule has 0 heterocycles. The lowest BCUT2D eigenvalue weighted by Crippen LogP contribution is -2.39. The summed E-state index contributed by atoms with van der Waals surface area (Å²) in [6.07, 6.45) is 1.82. The van der Waals surface area contributed by atoms with Crippen molar-refractivity contribution in [1.29, 1.82) is 0 Å². The molecular formula is C17H16F3N. The van der Waals surface area contributed by atoms with Crippen LogP contribution in [0, 0.1) is 17.5 Å². The van der Waals surface area contributed by atoms with Crippen LogP contribution >= 0.6 is 0 Å². The van der Waals surface area contributed by atoms with Crippen LogP contribution in [0.5, 0.6) is 0 Å². The number of hydrogen-bond acceptors (Lipinski definition) is 1. The van der Waals surface area contributed by atoms with Crippen molar-refractivity contribution < 1.29 is 13.2 Å². The van der Waals surface area contributed by atoms with Crippen molar-refractivity contribution in [3.05, 3.63) is 71.0 Å². The van der Waals surface area contributed by atoms with Gasteiger partial charge >= 0.3 is 0 Å². The van der Waals surface area contributed by atoms with Crippen LogP contribution in [0.25, 0.3) is 0 Å². The standard InChI is InChI=1S/C17H16F3N/c18-14-3-1-2-11(6-14)13-7-16(8-13)21-10-12-4-5-15(19)9-17(12)20/h1-6,9,13,16,21H,7-8,10H2. The van der Waals surface area contributed by atoms with Crippen LogP contribution in [0.15, 0.2) is 42.5 Å². The summed E-state index contributed by atoms with van der Waals surface area (Å²) in [6, 6.07) is 10.6. The van der Waals surface area contributed by atoms with Gasteiger partial charge in [-0.05, 0) is 42.5 Å². The predicted molar refractivity (Wildman–Crippen MR) is 75.4 cm³/mol. The van der Waals surface area contributed by atoms with E-state index in [0.717, 1.165) is 24.5 Å². The number of benzene rings is 2. The zero-order valence-corrected chi connectivity index (χ0v) is 11.5. The molecule has 1 N–H and O–H groups in total. The van der Waals surface area contributed by atoms with E-state index in [2.05, 4.69) is 5.32 Å². The van der Waals surface area contributed by atoms with Gasteiger partial charge in [-0.3, -0.25) is 0 Å². The third-order valence-corrected chi connectivity index (χ3v) is 4.05. The van der Waals surface area contributed by atoms with Crippen LogP contribution < -0.4 is 5.32 Å². The van der Waals surface area contributed by atoms with Gasteiger partial charge < -0.3 is 5.32 Å². The van der Waals surface area contributed by atoms with Crippen molar-refractivity contribution in [2.24, 2.45) is 0 Å². The Balaban J connectivity index is 1.51. The number of halogens is 3. The lowest BCUT2D eigenvalue weighted by atomic mass is 9.76. The molecular weight excluding hydrogens is 275 g/mol. The Labute approximate surface area is 121 Å². The normalized spacial score (nSPS) is 21.1. The van der Waals surface area contributed by atoms with Crippen molar-refractivity contribution in [3.63, 3.8) is 0 Å². The van der Waals surface area contributed by atoms with E-state index in [1.165, 1.54) is 18.2 Å². The van der Waals surface area contributed by atoms with E-state index in [4.69, 9.17) is 0 Å². The van der Waals surface area contributed by atoms with Gasteiger partial charge in [-0.1, -0.05) is 18.2 Å². The van der Waals surface area contributed by atoms with E-state index in [9.17, 15) is 13.2 Å². The molecule has 0 aliphatic heterocycles. The topological polar surface area (TPSA) is 12.0 Å². The van der Waals surface area contributed by atoms with E-state index >= 15 is 0 Å². The van der Waals surface area contributed by atoms with Gasteiger partial charge in [0.1, 0.15) is 17.5 Å². The Morgan fingerprint density at radius 1 is 0.952 bits per heavy atom. The zero-order valence-electron chi connectivity index (χ0n) is 11.5. The van der Waals surface area contributed by atoms with E-state index in [1.807, 2.05) is 6.07 Å². The van der Waals surface area contributed by atoms with Crippen molar-refractivity contribution >= 4 is 0 Å². The highest BCUT2D eigenvalue weighted by Gasteiger charge is 2.30. The second-order valence-corrected chi connectivity index (χ2v) is 5.54. The number of hydrogen-bond donors (Lipinski definition) is 1. The fraction of sp³-hybridized carbons (Fsp3) is 0.294. The van der Waals surface area contributed by atoms with E-state index < -0.39 is 11.6 Å². The predicted octanol–water partition coefficient (Wildman–Crippen LogP) is 4.14. The van der Waals surface area contributed by atoms with Crippen molar-refractivity contribution in [2.45, 2.75) is 31.3 Å². The van der Waals surface area contributed by atoms with Crippen LogP contribution in [-0.4, -0.2) is 6.04 Å². The fourth-order valence-corrected chi connectivity index (χ4v) is 2.74. The van der Waals surface area contributed by atoms with Crippen LogP contribution in [0.1, 0.15) is 29.9 Å². The Morgan fingerprint density at radius 2 is 1.71 bits per heavy atom. The van der Waals surface area contributed by atoms with E-state index in [-0.39, 0.29) is 5.82 Å². The van der Waals surface area contributed by atoms with Crippen LogP contribution in [0.3, 0.4) is 0 Å². The second kappa shape index (κ2) is 5.90. The lowest BCUT2D eigenvalue weighted by molar-refractivity contribution is 0.288. The average Bonchev–Trinajstić information content (AvgIpc) is 2.39. The van der Waals surface area contributed by atoms with Gasteiger partial charge in [-0.15, -0.1) is 0 Å². The molecule has 0 radical (unpaired) electrons. The molecule has 0 aromatic heterocycles. The summed E-state index contributed by atoms with van der Waals surface area (Å²) >= 11 is 0. The molecule has 1 aliphatic carbocycles. The maximum atomic E-state index is 13.5. The number of nitrogens with one attached hydrogen (secondary N) is 1. The maximum absolute atomic E-state index is 13.5. The summed E-state index contributed by atoms with van der Waals surface area (Å²) in [5.41, 5.74) is 1.48. The summed E-state index contributed by atoms with van der Waals surface area (Å²) in [5.74, 6) is -0.942. The maximum Gasteiger partial charge on any atom is 0.130 e. The van der Waals surface area contributed by atoms with Gasteiger partial charge in [0, 0.05) is 24.2 Å². The van der Waals surface area contributed by atoms with Gasteiger partial charge in [0.25, 0.3) is 0 Å². The Kier molecular flexibility index (Phi) is 3.97. The lowest BCUT2D eigenvalue weighted by Gasteiger charge is -2.36. The molecule has 0 bridgehead atoms. The molecule has 0 amide bonds. The molecule has 2 aromatic rings. The highest BCUT2D eigenvalue weighted by atomic mass is 19.1. The molecule has 4 heteroatoms. The first-order chi connectivity index (χ1) is 10.1. The number of rotatable bonds is 4. The molecule has 1 fully saturated rings. The van der Waals surface area contributed by atoms with E-state index in [0.29, 0.717) is 24.1 Å². The quantitative estimate of drug-likeness (QED) is 0.892. The fourth-order valence-electron chi connectivity index (χ4n) is 2.74. The Bertz CT molecular complexity index is 636. The monoisotopic (exact) mass is 291 g/mol. The summed E-state index contributed by atoms with van der Waals surface area (Å²) in [4.78, 5) is 0. The first-order valence-corrected chi connectivity index (χ1v) is 7.04. The van der Waals surface area contributed by atoms with Gasteiger partial charge in [-0.2, -0.15) is 0 Å². The minimum atomic E-state index is -0.564. The SMILES string of the molecule is Fc1cccc(C2CC(NCc3ccc(F)cc3F)C2)c1. The first-order valence-electron chi connectivity index (χ1n) is 7.04.